The van der Waals surface area contributed by atoms with E-state index in [9.17, 15) is 5.11 Å². The fourth-order valence-electron chi connectivity index (χ4n) is 1.92. The molecule has 1 saturated heterocycles. The van der Waals surface area contributed by atoms with Gasteiger partial charge in [-0.25, -0.2) is 0 Å². The summed E-state index contributed by atoms with van der Waals surface area (Å²) in [6.45, 7) is 2.11. The predicted molar refractivity (Wildman–Crippen MR) is 58.4 cm³/mol. The molecule has 2 heterocycles. The number of thioether (sulfide) groups is 1. The highest BCUT2D eigenvalue weighted by Gasteiger charge is 2.38. The number of hydrogen-bond donors (Lipinski definition) is 1. The predicted octanol–water partition coefficient (Wildman–Crippen LogP) is 1.22. The van der Waals surface area contributed by atoms with E-state index < -0.39 is 5.60 Å². The number of aliphatic hydroxyl groups is 1. The molecule has 0 spiro atoms. The maximum Gasteiger partial charge on any atom is 0.0812 e. The summed E-state index contributed by atoms with van der Waals surface area (Å²) in [5.41, 5.74) is 0.609. The summed E-state index contributed by atoms with van der Waals surface area (Å²) in [4.78, 5) is 0. The lowest BCUT2D eigenvalue weighted by molar-refractivity contribution is 0.0464. The molecule has 2 unspecified atom stereocenters. The molecular weight excluding hydrogens is 196 g/mol. The maximum atomic E-state index is 10.4. The molecule has 0 saturated carbocycles. The molecule has 4 heteroatoms. The first-order chi connectivity index (χ1) is 6.60. The topological polar surface area (TPSA) is 38.1 Å². The summed E-state index contributed by atoms with van der Waals surface area (Å²) >= 11 is 1.85. The van der Waals surface area contributed by atoms with E-state index in [1.807, 2.05) is 31.2 Å². The Bertz CT molecular complexity index is 326. The first kappa shape index (κ1) is 10.1. The summed E-state index contributed by atoms with van der Waals surface area (Å²) in [6, 6.07) is 0. The lowest BCUT2D eigenvalue weighted by atomic mass is 9.91. The lowest BCUT2D eigenvalue weighted by Crippen LogP contribution is -2.36. The summed E-state index contributed by atoms with van der Waals surface area (Å²) in [6.07, 6.45) is 5.45. The van der Waals surface area contributed by atoms with Gasteiger partial charge in [-0.2, -0.15) is 16.9 Å². The van der Waals surface area contributed by atoms with Gasteiger partial charge in [0, 0.05) is 24.9 Å². The highest BCUT2D eigenvalue weighted by molar-refractivity contribution is 8.00. The van der Waals surface area contributed by atoms with Crippen LogP contribution in [0.4, 0.5) is 0 Å². The zero-order valence-corrected chi connectivity index (χ0v) is 9.42. The van der Waals surface area contributed by atoms with E-state index in [1.165, 1.54) is 0 Å². The molecular formula is C10H16N2OS. The Morgan fingerprint density at radius 3 is 3.07 bits per heavy atom. The summed E-state index contributed by atoms with van der Waals surface area (Å²) < 4.78 is 1.78. The first-order valence-electron chi connectivity index (χ1n) is 4.92. The van der Waals surface area contributed by atoms with E-state index in [1.54, 1.807) is 4.68 Å². The van der Waals surface area contributed by atoms with Gasteiger partial charge in [0.05, 0.1) is 11.8 Å². The van der Waals surface area contributed by atoms with Crippen LogP contribution in [0, 0.1) is 0 Å². The van der Waals surface area contributed by atoms with Crippen molar-refractivity contribution in [2.75, 3.05) is 5.75 Å². The second-order valence-electron chi connectivity index (χ2n) is 4.07. The molecule has 78 valence electrons. The molecule has 1 aromatic rings. The van der Waals surface area contributed by atoms with E-state index in [0.717, 1.165) is 24.2 Å². The normalized spacial score (nSPS) is 32.4. The van der Waals surface area contributed by atoms with Gasteiger partial charge in [0.1, 0.15) is 0 Å². The number of nitrogens with zero attached hydrogens (tertiary/aromatic N) is 2. The second-order valence-corrected chi connectivity index (χ2v) is 5.51. The zero-order valence-electron chi connectivity index (χ0n) is 8.60. The van der Waals surface area contributed by atoms with Crippen LogP contribution in [0.2, 0.25) is 0 Å². The minimum Gasteiger partial charge on any atom is -0.388 e. The molecule has 0 amide bonds. The van der Waals surface area contributed by atoms with E-state index in [4.69, 9.17) is 0 Å². The average Bonchev–Trinajstić information content (AvgIpc) is 2.62. The van der Waals surface area contributed by atoms with Gasteiger partial charge in [-0.05, 0) is 17.7 Å². The molecule has 0 aromatic carbocycles. The van der Waals surface area contributed by atoms with Crippen LogP contribution in [0.25, 0.3) is 0 Å². The van der Waals surface area contributed by atoms with Crippen LogP contribution in [0.1, 0.15) is 18.9 Å². The monoisotopic (exact) mass is 212 g/mol. The van der Waals surface area contributed by atoms with Gasteiger partial charge in [-0.3, -0.25) is 4.68 Å². The van der Waals surface area contributed by atoms with Crippen molar-refractivity contribution < 1.29 is 5.11 Å². The van der Waals surface area contributed by atoms with Crippen LogP contribution in [0.15, 0.2) is 12.4 Å². The van der Waals surface area contributed by atoms with Crippen LogP contribution in [0.5, 0.6) is 0 Å². The maximum absolute atomic E-state index is 10.4. The van der Waals surface area contributed by atoms with Crippen molar-refractivity contribution >= 4 is 11.8 Å². The third-order valence-corrected chi connectivity index (χ3v) is 4.31. The van der Waals surface area contributed by atoms with Crippen LogP contribution in [-0.2, 0) is 13.5 Å². The smallest absolute Gasteiger partial charge is 0.0812 e. The minimum atomic E-state index is -0.520. The summed E-state index contributed by atoms with van der Waals surface area (Å²) in [7, 11) is 1.90. The molecule has 1 fully saturated rings. The molecule has 1 N–H and O–H groups in total. The molecule has 1 aliphatic heterocycles. The average molecular weight is 212 g/mol. The van der Waals surface area contributed by atoms with Crippen molar-refractivity contribution in [2.45, 2.75) is 30.6 Å². The van der Waals surface area contributed by atoms with Crippen molar-refractivity contribution in [1.82, 2.24) is 9.78 Å². The third kappa shape index (κ3) is 1.81. The largest absolute Gasteiger partial charge is 0.388 e. The molecule has 2 atom stereocenters. The molecule has 14 heavy (non-hydrogen) atoms. The molecule has 0 aliphatic carbocycles. The Balaban J connectivity index is 2.10. The van der Waals surface area contributed by atoms with E-state index in [2.05, 4.69) is 12.0 Å². The molecule has 1 aliphatic rings. The lowest BCUT2D eigenvalue weighted by Gasteiger charge is -2.25. The third-order valence-electron chi connectivity index (χ3n) is 2.93. The van der Waals surface area contributed by atoms with Gasteiger partial charge in [0.25, 0.3) is 0 Å². The Morgan fingerprint density at radius 2 is 2.57 bits per heavy atom. The van der Waals surface area contributed by atoms with Gasteiger partial charge in [-0.15, -0.1) is 0 Å². The van der Waals surface area contributed by atoms with E-state index in [0.29, 0.717) is 5.25 Å². The van der Waals surface area contributed by atoms with Gasteiger partial charge in [-0.1, -0.05) is 6.92 Å². The van der Waals surface area contributed by atoms with E-state index in [-0.39, 0.29) is 0 Å². The highest BCUT2D eigenvalue weighted by Crippen LogP contribution is 2.37. The molecule has 2 rings (SSSR count). The molecule has 1 aromatic heterocycles. The number of hydrogen-bond acceptors (Lipinski definition) is 3. The standard InChI is InChI=1S/C10H16N2OS/c1-8-10(13,3-4-14-8)5-9-6-11-12(2)7-9/h6-8,13H,3-5H2,1-2H3. The number of aromatic nitrogens is 2. The Hall–Kier alpha value is -0.480. The Kier molecular flexibility index (Phi) is 2.58. The van der Waals surface area contributed by atoms with Crippen molar-refractivity contribution in [3.05, 3.63) is 18.0 Å². The van der Waals surface area contributed by atoms with Crippen LogP contribution in [-0.4, -0.2) is 31.5 Å². The van der Waals surface area contributed by atoms with Gasteiger partial charge in [0.2, 0.25) is 0 Å². The van der Waals surface area contributed by atoms with Crippen LogP contribution >= 0.6 is 11.8 Å². The first-order valence-corrected chi connectivity index (χ1v) is 5.96. The van der Waals surface area contributed by atoms with Gasteiger partial charge < -0.3 is 5.11 Å². The molecule has 3 nitrogen and oxygen atoms in total. The summed E-state index contributed by atoms with van der Waals surface area (Å²) in [5.74, 6) is 1.07. The fourth-order valence-corrected chi connectivity index (χ4v) is 3.26. The second kappa shape index (κ2) is 3.59. The molecule has 0 bridgehead atoms. The quantitative estimate of drug-likeness (QED) is 0.801. The number of aryl methyl sites for hydroxylation is 1. The van der Waals surface area contributed by atoms with Gasteiger partial charge in [0.15, 0.2) is 0 Å². The number of rotatable bonds is 2. The SMILES string of the molecule is CC1SCCC1(O)Cc1cnn(C)c1. The van der Waals surface area contributed by atoms with Crippen molar-refractivity contribution in [2.24, 2.45) is 7.05 Å². The highest BCUT2D eigenvalue weighted by atomic mass is 32.2. The Labute approximate surface area is 88.5 Å². The van der Waals surface area contributed by atoms with Gasteiger partial charge >= 0.3 is 0 Å². The molecule has 0 radical (unpaired) electrons. The summed E-state index contributed by atoms with van der Waals surface area (Å²) in [5, 5.41) is 14.8. The van der Waals surface area contributed by atoms with Crippen molar-refractivity contribution in [1.29, 1.82) is 0 Å². The minimum absolute atomic E-state index is 0.336. The van der Waals surface area contributed by atoms with Crippen molar-refractivity contribution in [3.63, 3.8) is 0 Å². The van der Waals surface area contributed by atoms with Crippen LogP contribution in [0.3, 0.4) is 0 Å². The van der Waals surface area contributed by atoms with Crippen LogP contribution < -0.4 is 0 Å². The Morgan fingerprint density at radius 1 is 1.79 bits per heavy atom. The zero-order chi connectivity index (χ0) is 10.2. The van der Waals surface area contributed by atoms with E-state index >= 15 is 0 Å². The van der Waals surface area contributed by atoms with Crippen molar-refractivity contribution in [3.8, 4) is 0 Å². The fraction of sp³-hybridized carbons (Fsp3) is 0.700.